The van der Waals surface area contributed by atoms with Crippen LogP contribution in [0.3, 0.4) is 0 Å². The van der Waals surface area contributed by atoms with E-state index in [9.17, 15) is 4.79 Å². The normalized spacial score (nSPS) is 14.7. The van der Waals surface area contributed by atoms with Crippen LogP contribution in [0.25, 0.3) is 5.65 Å². The van der Waals surface area contributed by atoms with Crippen molar-refractivity contribution in [3.8, 4) is 0 Å². The maximum absolute atomic E-state index is 10.9. The monoisotopic (exact) mass is 284 g/mol. The summed E-state index contributed by atoms with van der Waals surface area (Å²) in [5.41, 5.74) is 7.68. The van der Waals surface area contributed by atoms with Crippen molar-refractivity contribution in [2.75, 3.05) is 0 Å². The van der Waals surface area contributed by atoms with E-state index in [1.165, 1.54) is 12.8 Å². The minimum absolute atomic E-state index is 0.192. The first kappa shape index (κ1) is 12.0. The molecule has 1 amide bonds. The number of imidazole rings is 1. The Morgan fingerprint density at radius 1 is 1.38 bits per heavy atom. The number of nitrogens with two attached hydrogens (primary N) is 1. The van der Waals surface area contributed by atoms with E-state index < -0.39 is 5.91 Å². The number of fused-ring (bicyclic) bond motifs is 1. The Bertz CT molecular complexity index is 832. The molecule has 0 aliphatic heterocycles. The molecule has 1 saturated carbocycles. The minimum atomic E-state index is -0.737. The average molecular weight is 284 g/mol. The van der Waals surface area contributed by atoms with Crippen LogP contribution in [0, 0.1) is 0 Å². The summed E-state index contributed by atoms with van der Waals surface area (Å²) in [6, 6.07) is 3.97. The molecule has 1 aliphatic carbocycles. The predicted octanol–water partition coefficient (Wildman–Crippen LogP) is 0.679. The van der Waals surface area contributed by atoms with Crippen molar-refractivity contribution < 1.29 is 9.21 Å². The maximum atomic E-state index is 10.9. The van der Waals surface area contributed by atoms with Crippen molar-refractivity contribution in [3.63, 3.8) is 0 Å². The highest BCUT2D eigenvalue weighted by Gasteiger charge is 2.25. The fraction of sp³-hybridized carbons (Fsp3) is 0.308. The Kier molecular flexibility index (Phi) is 2.50. The molecule has 21 heavy (non-hydrogen) atoms. The third-order valence-corrected chi connectivity index (χ3v) is 3.40. The molecule has 2 N–H and O–H groups in total. The second-order valence-electron chi connectivity index (χ2n) is 5.11. The van der Waals surface area contributed by atoms with Gasteiger partial charge in [-0.1, -0.05) is 0 Å². The van der Waals surface area contributed by atoms with Crippen molar-refractivity contribution in [1.82, 2.24) is 24.8 Å². The Hall–Kier alpha value is -2.77. The first-order valence-electron chi connectivity index (χ1n) is 6.66. The van der Waals surface area contributed by atoms with Gasteiger partial charge in [0.1, 0.15) is 0 Å². The molecule has 4 rings (SSSR count). The van der Waals surface area contributed by atoms with Crippen LogP contribution < -0.4 is 5.73 Å². The quantitative estimate of drug-likeness (QED) is 0.753. The summed E-state index contributed by atoms with van der Waals surface area (Å²) in [7, 11) is 0. The van der Waals surface area contributed by atoms with Crippen LogP contribution in [0.2, 0.25) is 0 Å². The number of carbonyl (C=O) groups is 1. The van der Waals surface area contributed by atoms with E-state index >= 15 is 0 Å². The topological polar surface area (TPSA) is 112 Å². The lowest BCUT2D eigenvalue weighted by molar-refractivity contribution is 0.0965. The van der Waals surface area contributed by atoms with Gasteiger partial charge in [-0.2, -0.15) is 5.10 Å². The summed E-state index contributed by atoms with van der Waals surface area (Å²) in [4.78, 5) is 15.4. The largest absolute Gasteiger partial charge is 0.416 e. The van der Waals surface area contributed by atoms with E-state index in [1.54, 1.807) is 4.52 Å². The first-order chi connectivity index (χ1) is 10.2. The Labute approximate surface area is 119 Å². The van der Waals surface area contributed by atoms with Gasteiger partial charge in [0.05, 0.1) is 24.0 Å². The van der Waals surface area contributed by atoms with Crippen LogP contribution in [-0.4, -0.2) is 30.7 Å². The second kappa shape index (κ2) is 4.37. The zero-order chi connectivity index (χ0) is 14.4. The van der Waals surface area contributed by atoms with Gasteiger partial charge in [0, 0.05) is 5.92 Å². The highest BCUT2D eigenvalue weighted by molar-refractivity contribution is 5.87. The number of nitrogens with zero attached hydrogens (tertiary/aromatic N) is 5. The molecular weight excluding hydrogens is 272 g/mol. The van der Waals surface area contributed by atoms with Gasteiger partial charge in [-0.3, -0.25) is 4.79 Å². The molecule has 1 aliphatic rings. The highest BCUT2D eigenvalue weighted by Crippen LogP contribution is 2.38. The standard InChI is InChI=1S/C13H12N6O2/c14-12(20)13-17-16-11(21-13)5-8-6-19-10(15-8)4-3-9(18-19)7-1-2-7/h3-4,6-7H,1-2,5H2,(H2,14,20). The van der Waals surface area contributed by atoms with Crippen molar-refractivity contribution in [3.05, 3.63) is 41.5 Å². The second-order valence-corrected chi connectivity index (χ2v) is 5.11. The van der Waals surface area contributed by atoms with E-state index in [-0.39, 0.29) is 5.89 Å². The van der Waals surface area contributed by atoms with E-state index in [2.05, 4.69) is 20.3 Å². The summed E-state index contributed by atoms with van der Waals surface area (Å²) in [6.07, 6.45) is 4.58. The van der Waals surface area contributed by atoms with Crippen LogP contribution in [-0.2, 0) is 6.42 Å². The summed E-state index contributed by atoms with van der Waals surface area (Å²) in [6.45, 7) is 0. The molecule has 0 saturated heterocycles. The molecule has 0 spiro atoms. The fourth-order valence-corrected chi connectivity index (χ4v) is 2.21. The lowest BCUT2D eigenvalue weighted by Gasteiger charge is -1.96. The number of amides is 1. The number of aromatic nitrogens is 5. The molecule has 8 nitrogen and oxygen atoms in total. The summed E-state index contributed by atoms with van der Waals surface area (Å²) < 4.78 is 6.91. The number of carbonyl (C=O) groups excluding carboxylic acids is 1. The lowest BCUT2D eigenvalue weighted by Crippen LogP contribution is -2.11. The van der Waals surface area contributed by atoms with Gasteiger partial charge in [-0.05, 0) is 25.0 Å². The van der Waals surface area contributed by atoms with Crippen LogP contribution in [0.4, 0.5) is 0 Å². The molecule has 0 unspecified atom stereocenters. The van der Waals surface area contributed by atoms with Gasteiger partial charge in [-0.15, -0.1) is 10.2 Å². The van der Waals surface area contributed by atoms with Gasteiger partial charge in [0.2, 0.25) is 5.89 Å². The Morgan fingerprint density at radius 2 is 2.24 bits per heavy atom. The van der Waals surface area contributed by atoms with Gasteiger partial charge in [0.25, 0.3) is 0 Å². The molecule has 8 heteroatoms. The molecular formula is C13H12N6O2. The molecule has 0 bridgehead atoms. The maximum Gasteiger partial charge on any atom is 0.306 e. The molecule has 3 aromatic rings. The lowest BCUT2D eigenvalue weighted by atomic mass is 10.3. The molecule has 0 aromatic carbocycles. The average Bonchev–Trinajstić information content (AvgIpc) is 3.07. The van der Waals surface area contributed by atoms with Gasteiger partial charge in [-0.25, -0.2) is 9.50 Å². The van der Waals surface area contributed by atoms with E-state index in [0.717, 1.165) is 17.0 Å². The van der Waals surface area contributed by atoms with Crippen LogP contribution in [0.1, 0.15) is 46.7 Å². The number of hydrogen-bond donors (Lipinski definition) is 1. The van der Waals surface area contributed by atoms with Crippen molar-refractivity contribution in [2.45, 2.75) is 25.2 Å². The molecule has 3 aromatic heterocycles. The SMILES string of the molecule is NC(=O)c1nnc(Cc2cn3nc(C4CC4)ccc3n2)o1. The third kappa shape index (κ3) is 2.24. The predicted molar refractivity (Wildman–Crippen MR) is 70.6 cm³/mol. The Morgan fingerprint density at radius 3 is 2.95 bits per heavy atom. The van der Waals surface area contributed by atoms with Gasteiger partial charge in [0.15, 0.2) is 5.65 Å². The smallest absolute Gasteiger partial charge is 0.306 e. The van der Waals surface area contributed by atoms with Crippen molar-refractivity contribution >= 4 is 11.6 Å². The summed E-state index contributed by atoms with van der Waals surface area (Å²) >= 11 is 0. The molecule has 106 valence electrons. The fourth-order valence-electron chi connectivity index (χ4n) is 2.21. The Balaban J connectivity index is 1.61. The summed E-state index contributed by atoms with van der Waals surface area (Å²) in [5, 5.41) is 11.9. The molecule has 1 fully saturated rings. The molecule has 0 atom stereocenters. The summed E-state index contributed by atoms with van der Waals surface area (Å²) in [5.74, 6) is -0.0358. The number of hydrogen-bond acceptors (Lipinski definition) is 6. The molecule has 3 heterocycles. The van der Waals surface area contributed by atoms with Crippen LogP contribution in [0.15, 0.2) is 22.7 Å². The molecule has 0 radical (unpaired) electrons. The van der Waals surface area contributed by atoms with Gasteiger partial charge < -0.3 is 10.2 Å². The number of primary amides is 1. The zero-order valence-electron chi connectivity index (χ0n) is 11.1. The van der Waals surface area contributed by atoms with Crippen molar-refractivity contribution in [2.24, 2.45) is 5.73 Å². The van der Waals surface area contributed by atoms with E-state index in [4.69, 9.17) is 10.2 Å². The van der Waals surface area contributed by atoms with Crippen molar-refractivity contribution in [1.29, 1.82) is 0 Å². The third-order valence-electron chi connectivity index (χ3n) is 3.40. The van der Waals surface area contributed by atoms with Crippen LogP contribution >= 0.6 is 0 Å². The van der Waals surface area contributed by atoms with E-state index in [0.29, 0.717) is 18.2 Å². The minimum Gasteiger partial charge on any atom is -0.416 e. The van der Waals surface area contributed by atoms with Gasteiger partial charge >= 0.3 is 11.8 Å². The van der Waals surface area contributed by atoms with Crippen LogP contribution in [0.5, 0.6) is 0 Å². The zero-order valence-corrected chi connectivity index (χ0v) is 11.1. The first-order valence-corrected chi connectivity index (χ1v) is 6.66. The van der Waals surface area contributed by atoms with E-state index in [1.807, 2.05) is 18.3 Å². The highest BCUT2D eigenvalue weighted by atomic mass is 16.4. The number of rotatable bonds is 4.